The molecule has 1 nitrogen and oxygen atoms in total. The Labute approximate surface area is 82.5 Å². The van der Waals surface area contributed by atoms with E-state index in [4.69, 9.17) is 0 Å². The number of piperidine rings is 1. The van der Waals surface area contributed by atoms with E-state index in [9.17, 15) is 0 Å². The van der Waals surface area contributed by atoms with E-state index in [0.717, 1.165) is 23.9 Å². The molecule has 1 saturated heterocycles. The van der Waals surface area contributed by atoms with Crippen molar-refractivity contribution in [2.24, 2.45) is 17.3 Å². The summed E-state index contributed by atoms with van der Waals surface area (Å²) in [5.74, 6) is 2.08. The highest BCUT2D eigenvalue weighted by molar-refractivity contribution is 5.08. The zero-order chi connectivity index (χ0) is 9.80. The van der Waals surface area contributed by atoms with Gasteiger partial charge in [0.1, 0.15) is 0 Å². The Hall–Kier alpha value is -0.0400. The van der Waals surface area contributed by atoms with Crippen molar-refractivity contribution in [3.8, 4) is 0 Å². The van der Waals surface area contributed by atoms with Crippen LogP contribution in [0.25, 0.3) is 0 Å². The summed E-state index contributed by atoms with van der Waals surface area (Å²) in [6.45, 7) is 13.2. The average Bonchev–Trinajstić information content (AvgIpc) is 2.58. The molecule has 0 aromatic carbocycles. The first-order valence-corrected chi connectivity index (χ1v) is 5.67. The third kappa shape index (κ3) is 1.52. The molecule has 1 heterocycles. The Morgan fingerprint density at radius 3 is 2.23 bits per heavy atom. The normalized spacial score (nSPS) is 39.7. The zero-order valence-electron chi connectivity index (χ0n) is 9.67. The fourth-order valence-corrected chi connectivity index (χ4v) is 3.17. The quantitative estimate of drug-likeness (QED) is 0.601. The van der Waals surface area contributed by atoms with Crippen LogP contribution in [0.1, 0.15) is 41.0 Å². The van der Waals surface area contributed by atoms with Crippen LogP contribution in [0.5, 0.6) is 0 Å². The molecule has 0 aromatic heterocycles. The predicted molar refractivity (Wildman–Crippen MR) is 56.7 cm³/mol. The van der Waals surface area contributed by atoms with Crippen LogP contribution >= 0.6 is 0 Å². The first-order valence-electron chi connectivity index (χ1n) is 5.67. The molecule has 1 unspecified atom stereocenters. The van der Waals surface area contributed by atoms with Crippen LogP contribution in [0.4, 0.5) is 0 Å². The maximum atomic E-state index is 2.72. The van der Waals surface area contributed by atoms with Crippen molar-refractivity contribution in [1.29, 1.82) is 0 Å². The molecule has 2 aliphatic rings. The van der Waals surface area contributed by atoms with Crippen molar-refractivity contribution >= 4 is 0 Å². The van der Waals surface area contributed by atoms with Gasteiger partial charge in [0, 0.05) is 18.6 Å². The number of rotatable bonds is 1. The van der Waals surface area contributed by atoms with Crippen molar-refractivity contribution in [1.82, 2.24) is 4.90 Å². The van der Waals surface area contributed by atoms with Gasteiger partial charge in [0.25, 0.3) is 0 Å². The molecule has 0 radical (unpaired) electrons. The standard InChI is InChI=1S/C12H23N/c1-8(2)13-7-9-6-10(9)11(13)12(3,4)5/h8-11H,6-7H2,1-5H3/t9-,10-,11?/m1/s1. The molecule has 2 rings (SSSR count). The van der Waals surface area contributed by atoms with E-state index in [1.807, 2.05) is 0 Å². The van der Waals surface area contributed by atoms with Gasteiger partial charge < -0.3 is 0 Å². The lowest BCUT2D eigenvalue weighted by Gasteiger charge is -2.39. The Kier molecular flexibility index (Phi) is 1.99. The molecule has 1 aliphatic carbocycles. The van der Waals surface area contributed by atoms with E-state index in [2.05, 4.69) is 39.5 Å². The number of fused-ring (bicyclic) bond motifs is 1. The van der Waals surface area contributed by atoms with Gasteiger partial charge in [-0.1, -0.05) is 20.8 Å². The molecule has 0 N–H and O–H groups in total. The van der Waals surface area contributed by atoms with Gasteiger partial charge in [-0.25, -0.2) is 0 Å². The minimum absolute atomic E-state index is 0.472. The van der Waals surface area contributed by atoms with E-state index >= 15 is 0 Å². The van der Waals surface area contributed by atoms with Gasteiger partial charge >= 0.3 is 0 Å². The molecule has 0 aromatic rings. The zero-order valence-corrected chi connectivity index (χ0v) is 9.67. The van der Waals surface area contributed by atoms with E-state index < -0.39 is 0 Å². The lowest BCUT2D eigenvalue weighted by atomic mass is 9.83. The molecular formula is C12H23N. The summed E-state index contributed by atoms with van der Waals surface area (Å²) in [6.07, 6.45) is 1.51. The fraction of sp³-hybridized carbons (Fsp3) is 1.00. The Balaban J connectivity index is 2.14. The third-order valence-corrected chi connectivity index (χ3v) is 3.74. The monoisotopic (exact) mass is 181 g/mol. The minimum Gasteiger partial charge on any atom is -0.297 e. The summed E-state index contributed by atoms with van der Waals surface area (Å²) in [5, 5.41) is 0. The molecule has 1 heteroatoms. The maximum absolute atomic E-state index is 2.72. The molecule has 13 heavy (non-hydrogen) atoms. The SMILES string of the molecule is CC(C)N1C[C@H]2C[C@H]2C1C(C)(C)C. The van der Waals surface area contributed by atoms with Gasteiger partial charge in [-0.05, 0) is 37.5 Å². The first kappa shape index (κ1) is 9.51. The Morgan fingerprint density at radius 2 is 1.85 bits per heavy atom. The lowest BCUT2D eigenvalue weighted by molar-refractivity contribution is 0.0867. The highest BCUT2D eigenvalue weighted by Crippen LogP contribution is 2.54. The lowest BCUT2D eigenvalue weighted by Crippen LogP contribution is -2.45. The summed E-state index contributed by atoms with van der Waals surface area (Å²) in [5.41, 5.74) is 0.472. The van der Waals surface area contributed by atoms with Gasteiger partial charge in [0.2, 0.25) is 0 Å². The maximum Gasteiger partial charge on any atom is 0.0178 e. The summed E-state index contributed by atoms with van der Waals surface area (Å²) < 4.78 is 0. The van der Waals surface area contributed by atoms with Crippen molar-refractivity contribution in [2.45, 2.75) is 53.1 Å². The third-order valence-electron chi connectivity index (χ3n) is 3.74. The topological polar surface area (TPSA) is 3.24 Å². The number of hydrogen-bond acceptors (Lipinski definition) is 1. The Morgan fingerprint density at radius 1 is 1.23 bits per heavy atom. The van der Waals surface area contributed by atoms with Crippen LogP contribution in [0.3, 0.4) is 0 Å². The van der Waals surface area contributed by atoms with E-state index in [1.165, 1.54) is 13.0 Å². The molecule has 76 valence electrons. The van der Waals surface area contributed by atoms with Gasteiger partial charge in [0.15, 0.2) is 0 Å². The predicted octanol–water partition coefficient (Wildman–Crippen LogP) is 2.76. The second-order valence-corrected chi connectivity index (χ2v) is 6.26. The van der Waals surface area contributed by atoms with E-state index in [0.29, 0.717) is 5.41 Å². The smallest absolute Gasteiger partial charge is 0.0178 e. The van der Waals surface area contributed by atoms with Crippen LogP contribution < -0.4 is 0 Å². The van der Waals surface area contributed by atoms with Gasteiger partial charge in [0.05, 0.1) is 0 Å². The summed E-state index contributed by atoms with van der Waals surface area (Å²) in [4.78, 5) is 2.72. The van der Waals surface area contributed by atoms with Crippen LogP contribution in [-0.2, 0) is 0 Å². The summed E-state index contributed by atoms with van der Waals surface area (Å²) in [7, 11) is 0. The average molecular weight is 181 g/mol. The molecule has 1 aliphatic heterocycles. The van der Waals surface area contributed by atoms with Crippen molar-refractivity contribution < 1.29 is 0 Å². The number of likely N-dealkylation sites (tertiary alicyclic amines) is 1. The molecule has 0 spiro atoms. The number of nitrogens with zero attached hydrogens (tertiary/aromatic N) is 1. The van der Waals surface area contributed by atoms with Crippen LogP contribution in [0.2, 0.25) is 0 Å². The first-order chi connectivity index (χ1) is 5.91. The van der Waals surface area contributed by atoms with Crippen molar-refractivity contribution in [3.05, 3.63) is 0 Å². The molecule has 0 bridgehead atoms. The van der Waals surface area contributed by atoms with Crippen molar-refractivity contribution in [3.63, 3.8) is 0 Å². The van der Waals surface area contributed by atoms with Crippen LogP contribution in [0, 0.1) is 17.3 Å². The van der Waals surface area contributed by atoms with Gasteiger partial charge in [-0.3, -0.25) is 4.90 Å². The van der Waals surface area contributed by atoms with Gasteiger partial charge in [-0.15, -0.1) is 0 Å². The summed E-state index contributed by atoms with van der Waals surface area (Å²) in [6, 6.07) is 1.58. The van der Waals surface area contributed by atoms with Crippen molar-refractivity contribution in [2.75, 3.05) is 6.54 Å². The molecular weight excluding hydrogens is 158 g/mol. The second-order valence-electron chi connectivity index (χ2n) is 6.26. The van der Waals surface area contributed by atoms with E-state index in [-0.39, 0.29) is 0 Å². The molecule has 3 atom stereocenters. The summed E-state index contributed by atoms with van der Waals surface area (Å²) >= 11 is 0. The highest BCUT2D eigenvalue weighted by Gasteiger charge is 2.56. The van der Waals surface area contributed by atoms with Crippen LogP contribution in [-0.4, -0.2) is 23.5 Å². The van der Waals surface area contributed by atoms with Gasteiger partial charge in [-0.2, -0.15) is 0 Å². The molecule has 1 saturated carbocycles. The largest absolute Gasteiger partial charge is 0.297 e. The van der Waals surface area contributed by atoms with Crippen LogP contribution in [0.15, 0.2) is 0 Å². The minimum atomic E-state index is 0.472. The molecule has 2 fully saturated rings. The Bertz CT molecular complexity index is 202. The van der Waals surface area contributed by atoms with E-state index in [1.54, 1.807) is 0 Å². The fourth-order valence-electron chi connectivity index (χ4n) is 3.17. The number of hydrogen-bond donors (Lipinski definition) is 0. The molecule has 0 amide bonds. The highest BCUT2D eigenvalue weighted by atomic mass is 15.2. The second kappa shape index (κ2) is 2.73.